The van der Waals surface area contributed by atoms with Crippen LogP contribution in [-0.2, 0) is 11.3 Å². The smallest absolute Gasteiger partial charge is 0.225 e. The van der Waals surface area contributed by atoms with Crippen LogP contribution in [0.4, 0.5) is 11.6 Å². The molecule has 0 amide bonds. The molecule has 0 aliphatic heterocycles. The second-order valence-corrected chi connectivity index (χ2v) is 5.02. The Hall–Kier alpha value is -2.65. The lowest BCUT2D eigenvalue weighted by molar-refractivity contribution is 0.111. The van der Waals surface area contributed by atoms with Crippen molar-refractivity contribution in [3.63, 3.8) is 0 Å². The molecule has 0 aliphatic carbocycles. The van der Waals surface area contributed by atoms with E-state index in [4.69, 9.17) is 16.3 Å². The second-order valence-electron chi connectivity index (χ2n) is 4.68. The summed E-state index contributed by atoms with van der Waals surface area (Å²) in [7, 11) is 0. The molecular formula is C14H14ClN7O2. The van der Waals surface area contributed by atoms with Crippen LogP contribution >= 0.6 is 11.6 Å². The fourth-order valence-corrected chi connectivity index (χ4v) is 2.36. The summed E-state index contributed by atoms with van der Waals surface area (Å²) in [5.41, 5.74) is 1.12. The van der Waals surface area contributed by atoms with Crippen molar-refractivity contribution in [2.45, 2.75) is 13.5 Å². The third-order valence-corrected chi connectivity index (χ3v) is 3.35. The van der Waals surface area contributed by atoms with E-state index in [9.17, 15) is 4.79 Å². The van der Waals surface area contributed by atoms with Crippen molar-refractivity contribution in [3.8, 4) is 0 Å². The first-order valence-corrected chi connectivity index (χ1v) is 7.60. The Kier molecular flexibility index (Phi) is 4.92. The van der Waals surface area contributed by atoms with Gasteiger partial charge in [-0.2, -0.15) is 10.1 Å². The van der Waals surface area contributed by atoms with Gasteiger partial charge in [-0.1, -0.05) is 0 Å². The highest BCUT2D eigenvalue weighted by Crippen LogP contribution is 2.26. The summed E-state index contributed by atoms with van der Waals surface area (Å²) >= 11 is 5.98. The van der Waals surface area contributed by atoms with E-state index in [0.717, 1.165) is 0 Å². The zero-order chi connectivity index (χ0) is 16.9. The summed E-state index contributed by atoms with van der Waals surface area (Å²) in [5.74, 6) is 0.937. The van der Waals surface area contributed by atoms with Crippen molar-refractivity contribution >= 4 is 40.6 Å². The van der Waals surface area contributed by atoms with Crippen molar-refractivity contribution in [3.05, 3.63) is 29.6 Å². The minimum absolute atomic E-state index is 0.00603. The van der Waals surface area contributed by atoms with E-state index in [2.05, 4.69) is 30.4 Å². The van der Waals surface area contributed by atoms with Crippen LogP contribution in [0.1, 0.15) is 17.4 Å². The highest BCUT2D eigenvalue weighted by Gasteiger charge is 2.18. The van der Waals surface area contributed by atoms with Crippen LogP contribution < -0.4 is 5.32 Å². The van der Waals surface area contributed by atoms with Gasteiger partial charge in [-0.3, -0.25) is 9.48 Å². The SMILES string of the molecule is CCOCCn1nc(C=O)c2nc(Cl)nc(Nc3ccncn3)c21. The normalized spacial score (nSPS) is 10.9. The monoisotopic (exact) mass is 347 g/mol. The van der Waals surface area contributed by atoms with Crippen LogP contribution in [0.5, 0.6) is 0 Å². The van der Waals surface area contributed by atoms with E-state index in [1.807, 2.05) is 6.92 Å². The van der Waals surface area contributed by atoms with Gasteiger partial charge in [0.15, 0.2) is 17.8 Å². The first-order chi connectivity index (χ1) is 11.7. The summed E-state index contributed by atoms with van der Waals surface area (Å²) < 4.78 is 6.97. The number of hydrogen-bond acceptors (Lipinski definition) is 8. The quantitative estimate of drug-likeness (QED) is 0.392. The molecule has 0 aromatic carbocycles. The number of fused-ring (bicyclic) bond motifs is 1. The number of halogens is 1. The fraction of sp³-hybridized carbons (Fsp3) is 0.286. The highest BCUT2D eigenvalue weighted by atomic mass is 35.5. The van der Waals surface area contributed by atoms with Gasteiger partial charge in [-0.25, -0.2) is 15.0 Å². The van der Waals surface area contributed by atoms with Crippen LogP contribution in [0.25, 0.3) is 11.0 Å². The molecule has 10 heteroatoms. The van der Waals surface area contributed by atoms with E-state index in [1.54, 1.807) is 16.9 Å². The maximum atomic E-state index is 11.3. The molecule has 0 unspecified atom stereocenters. The lowest BCUT2D eigenvalue weighted by atomic mass is 10.3. The molecule has 3 heterocycles. The van der Waals surface area contributed by atoms with Gasteiger partial charge in [0, 0.05) is 12.8 Å². The molecule has 24 heavy (non-hydrogen) atoms. The molecule has 0 spiro atoms. The predicted octanol–water partition coefficient (Wildman–Crippen LogP) is 1.86. The first-order valence-electron chi connectivity index (χ1n) is 7.23. The van der Waals surface area contributed by atoms with Crippen molar-refractivity contribution < 1.29 is 9.53 Å². The molecule has 3 aromatic heterocycles. The van der Waals surface area contributed by atoms with Crippen LogP contribution in [0, 0.1) is 0 Å². The standard InChI is InChI=1S/C14H14ClN7O2/c1-2-24-6-5-22-12-11(9(7-23)21-22)19-14(15)20-13(12)18-10-3-4-16-8-17-10/h3-4,7-8H,2,5-6H2,1H3,(H,16,17,18,19,20). The number of aldehydes is 1. The van der Waals surface area contributed by atoms with E-state index in [1.165, 1.54) is 6.33 Å². The van der Waals surface area contributed by atoms with Gasteiger partial charge in [-0.05, 0) is 24.6 Å². The highest BCUT2D eigenvalue weighted by molar-refractivity contribution is 6.29. The number of carbonyl (C=O) groups is 1. The van der Waals surface area contributed by atoms with Crippen molar-refractivity contribution in [2.75, 3.05) is 18.5 Å². The number of anilines is 2. The molecule has 0 bridgehead atoms. The maximum Gasteiger partial charge on any atom is 0.225 e. The molecule has 9 nitrogen and oxygen atoms in total. The second kappa shape index (κ2) is 7.28. The number of ether oxygens (including phenoxy) is 1. The molecule has 0 saturated heterocycles. The molecule has 1 N–H and O–H groups in total. The lowest BCUT2D eigenvalue weighted by Gasteiger charge is -2.09. The van der Waals surface area contributed by atoms with Gasteiger partial charge in [0.05, 0.1) is 13.2 Å². The molecular weight excluding hydrogens is 334 g/mol. The van der Waals surface area contributed by atoms with E-state index in [0.29, 0.717) is 48.7 Å². The lowest BCUT2D eigenvalue weighted by Crippen LogP contribution is -2.09. The summed E-state index contributed by atoms with van der Waals surface area (Å²) in [6, 6.07) is 1.68. The summed E-state index contributed by atoms with van der Waals surface area (Å²) in [4.78, 5) is 27.6. The van der Waals surface area contributed by atoms with Crippen molar-refractivity contribution in [1.29, 1.82) is 0 Å². The average Bonchev–Trinajstić information content (AvgIpc) is 2.94. The molecule has 0 radical (unpaired) electrons. The summed E-state index contributed by atoms with van der Waals surface area (Å²) in [6.07, 6.45) is 3.64. The summed E-state index contributed by atoms with van der Waals surface area (Å²) in [5, 5.41) is 7.32. The van der Waals surface area contributed by atoms with Crippen LogP contribution in [0.2, 0.25) is 5.28 Å². The molecule has 124 valence electrons. The average molecular weight is 348 g/mol. The Balaban J connectivity index is 2.09. The number of carbonyl (C=O) groups excluding carboxylic acids is 1. The molecule has 0 atom stereocenters. The van der Waals surface area contributed by atoms with Gasteiger partial charge in [0.25, 0.3) is 0 Å². The van der Waals surface area contributed by atoms with Gasteiger partial charge >= 0.3 is 0 Å². The predicted molar refractivity (Wildman–Crippen MR) is 87.5 cm³/mol. The zero-order valence-electron chi connectivity index (χ0n) is 12.8. The van der Waals surface area contributed by atoms with Gasteiger partial charge in [-0.15, -0.1) is 0 Å². The third-order valence-electron chi connectivity index (χ3n) is 3.18. The van der Waals surface area contributed by atoms with Gasteiger partial charge < -0.3 is 10.1 Å². The molecule has 0 saturated carbocycles. The molecule has 3 rings (SSSR count). The topological polar surface area (TPSA) is 108 Å². The van der Waals surface area contributed by atoms with Gasteiger partial charge in [0.1, 0.15) is 23.2 Å². The van der Waals surface area contributed by atoms with E-state index >= 15 is 0 Å². The molecule has 0 aliphatic rings. The van der Waals surface area contributed by atoms with Crippen LogP contribution in [0.3, 0.4) is 0 Å². The maximum absolute atomic E-state index is 11.3. The van der Waals surface area contributed by atoms with Crippen molar-refractivity contribution in [2.24, 2.45) is 0 Å². The number of rotatable bonds is 7. The Bertz CT molecular complexity index is 853. The number of nitrogens with zero attached hydrogens (tertiary/aromatic N) is 6. The Labute approximate surface area is 142 Å². The Morgan fingerprint density at radius 1 is 1.42 bits per heavy atom. The Morgan fingerprint density at radius 3 is 3.00 bits per heavy atom. The van der Waals surface area contributed by atoms with E-state index < -0.39 is 0 Å². The van der Waals surface area contributed by atoms with Crippen LogP contribution in [-0.4, -0.2) is 49.2 Å². The molecule has 0 fully saturated rings. The zero-order valence-corrected chi connectivity index (χ0v) is 13.6. The minimum atomic E-state index is 0.00603. The largest absolute Gasteiger partial charge is 0.380 e. The molecule has 3 aromatic rings. The van der Waals surface area contributed by atoms with Crippen LogP contribution in [0.15, 0.2) is 18.6 Å². The summed E-state index contributed by atoms with van der Waals surface area (Å²) in [6.45, 7) is 3.39. The first kappa shape index (κ1) is 16.2. The Morgan fingerprint density at radius 2 is 2.29 bits per heavy atom. The van der Waals surface area contributed by atoms with Crippen molar-refractivity contribution in [1.82, 2.24) is 29.7 Å². The third kappa shape index (κ3) is 3.31. The number of nitrogens with one attached hydrogen (secondary N) is 1. The fourth-order valence-electron chi connectivity index (χ4n) is 2.19. The minimum Gasteiger partial charge on any atom is -0.380 e. The van der Waals surface area contributed by atoms with E-state index in [-0.39, 0.29) is 11.0 Å². The number of hydrogen-bond donors (Lipinski definition) is 1. The number of aromatic nitrogens is 6. The van der Waals surface area contributed by atoms with Gasteiger partial charge in [0.2, 0.25) is 5.28 Å².